The molecule has 2 aliphatic heterocycles. The molecule has 2 aromatic carbocycles. The number of amides is 2. The normalized spacial score (nSPS) is 19.7. The molecular weight excluding hydrogens is 669 g/mol. The zero-order chi connectivity index (χ0) is 35.2. The summed E-state index contributed by atoms with van der Waals surface area (Å²) in [6.07, 6.45) is 1.49. The molecule has 0 aliphatic carbocycles. The number of fused-ring (bicyclic) bond motifs is 1. The summed E-state index contributed by atoms with van der Waals surface area (Å²) in [4.78, 5) is 47.9. The van der Waals surface area contributed by atoms with Crippen molar-refractivity contribution in [2.75, 3.05) is 26.2 Å². The van der Waals surface area contributed by atoms with Crippen LogP contribution in [0.2, 0.25) is 10.2 Å². The van der Waals surface area contributed by atoms with Crippen molar-refractivity contribution in [3.63, 3.8) is 0 Å². The molecule has 2 saturated heterocycles. The molecule has 0 bridgehead atoms. The van der Waals surface area contributed by atoms with Crippen LogP contribution in [0.3, 0.4) is 0 Å². The van der Waals surface area contributed by atoms with Gasteiger partial charge in [0, 0.05) is 18.8 Å². The van der Waals surface area contributed by atoms with E-state index in [9.17, 15) is 19.5 Å². The monoisotopic (exact) mass is 709 g/mol. The standard InChI is InChI=1S/C36H41Cl2N5O6/c1-22-16-24(10-11-25(22)29-19-48-23(2)18-42(29)34(46)49-35(3,4)5)43-30(38)17-27-31(43)39-21-41(33(27)45)20-36(47)12-14-40(15-13-36)32(44)26-8-6-7-9-28(26)37/h6-11,16-17,21,23,29,47H,12-15,18-20H2,1-5H3/t23-,29-/m1/s1. The topological polar surface area (TPSA) is 119 Å². The van der Waals surface area contributed by atoms with Crippen molar-refractivity contribution < 1.29 is 24.2 Å². The number of morpholine rings is 1. The lowest BCUT2D eigenvalue weighted by Crippen LogP contribution is -2.49. The number of carbonyl (C=O) groups excluding carboxylic acids is 2. The van der Waals surface area contributed by atoms with Gasteiger partial charge in [0.2, 0.25) is 0 Å². The fraction of sp³-hybridized carbons (Fsp3) is 0.444. The number of benzene rings is 2. The van der Waals surface area contributed by atoms with Gasteiger partial charge in [-0.1, -0.05) is 41.4 Å². The summed E-state index contributed by atoms with van der Waals surface area (Å²) in [7, 11) is 0. The highest BCUT2D eigenvalue weighted by molar-refractivity contribution is 6.33. The largest absolute Gasteiger partial charge is 0.444 e. The van der Waals surface area contributed by atoms with Gasteiger partial charge in [-0.3, -0.25) is 23.6 Å². The van der Waals surface area contributed by atoms with Gasteiger partial charge in [0.1, 0.15) is 17.1 Å². The van der Waals surface area contributed by atoms with Crippen molar-refractivity contribution in [3.8, 4) is 5.69 Å². The van der Waals surface area contributed by atoms with Crippen LogP contribution in [-0.4, -0.2) is 84.6 Å². The quantitative estimate of drug-likeness (QED) is 0.263. The van der Waals surface area contributed by atoms with E-state index in [2.05, 4.69) is 4.98 Å². The zero-order valence-electron chi connectivity index (χ0n) is 28.3. The van der Waals surface area contributed by atoms with Gasteiger partial charge in [-0.2, -0.15) is 0 Å². The van der Waals surface area contributed by atoms with E-state index < -0.39 is 17.3 Å². The van der Waals surface area contributed by atoms with Gasteiger partial charge in [-0.05, 0) is 88.9 Å². The molecule has 0 unspecified atom stereocenters. The number of aromatic nitrogens is 3. The van der Waals surface area contributed by atoms with Crippen LogP contribution >= 0.6 is 23.2 Å². The van der Waals surface area contributed by atoms with E-state index in [1.165, 1.54) is 10.9 Å². The Morgan fingerprint density at radius 1 is 1.10 bits per heavy atom. The van der Waals surface area contributed by atoms with Gasteiger partial charge in [0.25, 0.3) is 11.5 Å². The van der Waals surface area contributed by atoms with Gasteiger partial charge < -0.3 is 19.5 Å². The Morgan fingerprint density at radius 3 is 2.49 bits per heavy atom. The van der Waals surface area contributed by atoms with Crippen LogP contribution in [0.4, 0.5) is 4.79 Å². The summed E-state index contributed by atoms with van der Waals surface area (Å²) >= 11 is 13.0. The highest BCUT2D eigenvalue weighted by atomic mass is 35.5. The number of aryl methyl sites for hydroxylation is 1. The molecule has 2 atom stereocenters. The maximum atomic E-state index is 13.7. The van der Waals surface area contributed by atoms with Crippen molar-refractivity contribution in [2.24, 2.45) is 0 Å². The number of nitrogens with zero attached hydrogens (tertiary/aromatic N) is 5. The first-order valence-corrected chi connectivity index (χ1v) is 17.1. The summed E-state index contributed by atoms with van der Waals surface area (Å²) in [5.41, 5.74) is 1.16. The Labute approximate surface area is 294 Å². The molecule has 4 aromatic rings. The molecule has 260 valence electrons. The molecule has 2 amide bonds. The van der Waals surface area contributed by atoms with E-state index in [0.29, 0.717) is 58.7 Å². The second-order valence-corrected chi connectivity index (χ2v) is 14.8. The first kappa shape index (κ1) is 34.9. The second kappa shape index (κ2) is 13.4. The van der Waals surface area contributed by atoms with Crippen LogP contribution in [0.5, 0.6) is 0 Å². The first-order chi connectivity index (χ1) is 23.1. The van der Waals surface area contributed by atoms with Crippen LogP contribution in [0, 0.1) is 6.92 Å². The molecule has 2 fully saturated rings. The highest BCUT2D eigenvalue weighted by Crippen LogP contribution is 2.33. The third kappa shape index (κ3) is 7.21. The number of ether oxygens (including phenoxy) is 2. The number of hydrogen-bond acceptors (Lipinski definition) is 7. The molecule has 0 radical (unpaired) electrons. The molecule has 11 nitrogen and oxygen atoms in total. The third-order valence-electron chi connectivity index (χ3n) is 9.16. The minimum Gasteiger partial charge on any atom is -0.444 e. The number of hydrogen-bond donors (Lipinski definition) is 1. The van der Waals surface area contributed by atoms with Gasteiger partial charge >= 0.3 is 6.09 Å². The maximum Gasteiger partial charge on any atom is 0.410 e. The van der Waals surface area contributed by atoms with Gasteiger partial charge in [0.05, 0.1) is 53.4 Å². The van der Waals surface area contributed by atoms with Crippen LogP contribution in [-0.2, 0) is 16.0 Å². The molecule has 4 heterocycles. The summed E-state index contributed by atoms with van der Waals surface area (Å²) < 4.78 is 14.8. The molecule has 1 N–H and O–H groups in total. The Balaban J connectivity index is 1.21. The Hall–Kier alpha value is -3.90. The van der Waals surface area contributed by atoms with E-state index in [0.717, 1.165) is 11.1 Å². The van der Waals surface area contributed by atoms with Crippen LogP contribution < -0.4 is 5.56 Å². The molecular formula is C36H41Cl2N5O6. The lowest BCUT2D eigenvalue weighted by molar-refractivity contribution is -0.0645. The fourth-order valence-corrected chi connectivity index (χ4v) is 7.11. The Bertz CT molecular complexity index is 1960. The van der Waals surface area contributed by atoms with Crippen molar-refractivity contribution >= 4 is 46.2 Å². The van der Waals surface area contributed by atoms with Gasteiger partial charge in [-0.25, -0.2) is 9.78 Å². The maximum absolute atomic E-state index is 13.7. The Kier molecular flexibility index (Phi) is 9.58. The lowest BCUT2D eigenvalue weighted by atomic mass is 9.91. The predicted molar refractivity (Wildman–Crippen MR) is 188 cm³/mol. The predicted octanol–water partition coefficient (Wildman–Crippen LogP) is 6.17. The average Bonchev–Trinajstić information content (AvgIpc) is 3.38. The molecule has 49 heavy (non-hydrogen) atoms. The third-order valence-corrected chi connectivity index (χ3v) is 9.77. The molecule has 2 aromatic heterocycles. The van der Waals surface area contributed by atoms with Crippen molar-refractivity contribution in [1.29, 1.82) is 0 Å². The minimum absolute atomic E-state index is 0.0235. The molecule has 0 spiro atoms. The molecule has 6 rings (SSSR count). The van der Waals surface area contributed by atoms with E-state index in [-0.39, 0.29) is 43.0 Å². The van der Waals surface area contributed by atoms with Crippen molar-refractivity contribution in [1.82, 2.24) is 23.9 Å². The SMILES string of the molecule is Cc1cc(-n2c(Cl)cc3c(=O)n(CC4(O)CCN(C(=O)c5ccccc5Cl)CC4)cnc32)ccc1[C@H]1CO[C@H](C)CN1C(=O)OC(C)(C)C. The van der Waals surface area contributed by atoms with E-state index in [4.69, 9.17) is 32.7 Å². The van der Waals surface area contributed by atoms with Crippen molar-refractivity contribution in [2.45, 2.75) is 77.4 Å². The highest BCUT2D eigenvalue weighted by Gasteiger charge is 2.37. The van der Waals surface area contributed by atoms with E-state index >= 15 is 0 Å². The lowest BCUT2D eigenvalue weighted by Gasteiger charge is -2.40. The Morgan fingerprint density at radius 2 is 1.82 bits per heavy atom. The minimum atomic E-state index is -1.20. The smallest absolute Gasteiger partial charge is 0.410 e. The van der Waals surface area contributed by atoms with Gasteiger partial charge in [-0.15, -0.1) is 0 Å². The average molecular weight is 711 g/mol. The van der Waals surface area contributed by atoms with Gasteiger partial charge in [0.15, 0.2) is 5.65 Å². The van der Waals surface area contributed by atoms with Crippen LogP contribution in [0.1, 0.15) is 68.1 Å². The summed E-state index contributed by atoms with van der Waals surface area (Å²) in [6.45, 7) is 10.8. The summed E-state index contributed by atoms with van der Waals surface area (Å²) in [5, 5.41) is 12.5. The molecule has 13 heteroatoms. The number of halogens is 2. The molecule has 2 aliphatic rings. The number of carbonyl (C=O) groups is 2. The zero-order valence-corrected chi connectivity index (χ0v) is 29.8. The summed E-state index contributed by atoms with van der Waals surface area (Å²) in [6, 6.07) is 13.9. The number of likely N-dealkylation sites (tertiary alicyclic amines) is 1. The van der Waals surface area contributed by atoms with Crippen molar-refractivity contribution in [3.05, 3.63) is 92.1 Å². The fourth-order valence-electron chi connectivity index (χ4n) is 6.61. The van der Waals surface area contributed by atoms with Crippen LogP contribution in [0.25, 0.3) is 16.7 Å². The van der Waals surface area contributed by atoms with Crippen LogP contribution in [0.15, 0.2) is 59.7 Å². The number of aliphatic hydroxyl groups is 1. The second-order valence-electron chi connectivity index (χ2n) is 14.0. The van der Waals surface area contributed by atoms with E-state index in [1.54, 1.807) is 44.7 Å². The first-order valence-electron chi connectivity index (χ1n) is 16.4. The molecule has 0 saturated carbocycles. The summed E-state index contributed by atoms with van der Waals surface area (Å²) in [5.74, 6) is -0.186. The van der Waals surface area contributed by atoms with E-state index in [1.807, 2.05) is 52.8 Å². The number of piperidine rings is 1. The number of rotatable bonds is 5.